The Morgan fingerprint density at radius 1 is 1.21 bits per heavy atom. The van der Waals surface area contributed by atoms with Crippen molar-refractivity contribution in [3.8, 4) is 0 Å². The van der Waals surface area contributed by atoms with E-state index in [4.69, 9.17) is 0 Å². The first kappa shape index (κ1) is 16.4. The summed E-state index contributed by atoms with van der Waals surface area (Å²) in [5.74, 6) is 0. The lowest BCUT2D eigenvalue weighted by atomic mass is 10.2. The van der Waals surface area contributed by atoms with E-state index in [1.54, 1.807) is 24.6 Å². The third-order valence-corrected chi connectivity index (χ3v) is 6.12. The van der Waals surface area contributed by atoms with Gasteiger partial charge in [-0.15, -0.1) is 0 Å². The predicted molar refractivity (Wildman–Crippen MR) is 92.5 cm³/mol. The van der Waals surface area contributed by atoms with Crippen LogP contribution in [0.5, 0.6) is 0 Å². The largest absolute Gasteiger partial charge is 0.268 e. The van der Waals surface area contributed by atoms with Crippen LogP contribution in [-0.4, -0.2) is 35.4 Å². The average Bonchev–Trinajstić information content (AvgIpc) is 2.87. The molecule has 0 fully saturated rings. The Morgan fingerprint density at radius 3 is 2.58 bits per heavy atom. The molecule has 0 aliphatic rings. The Morgan fingerprint density at radius 2 is 1.92 bits per heavy atom. The van der Waals surface area contributed by atoms with Crippen molar-refractivity contribution in [1.29, 1.82) is 0 Å². The number of anilines is 1. The number of fused-ring (bicyclic) bond motifs is 1. The number of aryl methyl sites for hydroxylation is 2. The zero-order valence-corrected chi connectivity index (χ0v) is 14.9. The summed E-state index contributed by atoms with van der Waals surface area (Å²) < 4.78 is 29.3. The van der Waals surface area contributed by atoms with Gasteiger partial charge in [-0.05, 0) is 26.8 Å². The first-order chi connectivity index (χ1) is 11.4. The summed E-state index contributed by atoms with van der Waals surface area (Å²) in [5, 5.41) is 13.0. The Kier molecular flexibility index (Phi) is 4.00. The Bertz CT molecular complexity index is 1010. The molecule has 0 radical (unpaired) electrons. The van der Waals surface area contributed by atoms with Gasteiger partial charge in [0.1, 0.15) is 4.90 Å². The van der Waals surface area contributed by atoms with Crippen LogP contribution in [0.15, 0.2) is 35.4 Å². The molecule has 8 heteroatoms. The van der Waals surface area contributed by atoms with E-state index in [0.29, 0.717) is 29.1 Å². The quantitative estimate of drug-likeness (QED) is 0.725. The van der Waals surface area contributed by atoms with Gasteiger partial charge in [0.15, 0.2) is 0 Å². The van der Waals surface area contributed by atoms with Crippen molar-refractivity contribution in [2.75, 3.05) is 11.4 Å². The van der Waals surface area contributed by atoms with Crippen LogP contribution in [0.25, 0.3) is 10.9 Å². The van der Waals surface area contributed by atoms with Gasteiger partial charge in [0, 0.05) is 19.0 Å². The number of benzene rings is 1. The summed E-state index contributed by atoms with van der Waals surface area (Å²) in [5.41, 5.74) is 2.26. The number of rotatable bonds is 4. The minimum absolute atomic E-state index is 0.243. The number of aromatic nitrogens is 4. The summed E-state index contributed by atoms with van der Waals surface area (Å²) in [6.45, 7) is 6.03. The molecule has 0 unspecified atom stereocenters. The molecule has 0 saturated heterocycles. The molecule has 1 aromatic carbocycles. The standard InChI is InChI=1S/C16H19N5O2S/c1-5-21-12(3)16(11(2)19-21)24(22,23)20(4)15-10-17-18-14-9-7-6-8-13(14)15/h6-10H,5H2,1-4H3. The fourth-order valence-corrected chi connectivity index (χ4v) is 4.44. The molecule has 0 amide bonds. The minimum atomic E-state index is -3.75. The van der Waals surface area contributed by atoms with Crippen molar-refractivity contribution < 1.29 is 8.42 Å². The van der Waals surface area contributed by atoms with Crippen molar-refractivity contribution in [2.45, 2.75) is 32.2 Å². The molecule has 0 aliphatic heterocycles. The second-order valence-electron chi connectivity index (χ2n) is 5.54. The maximum absolute atomic E-state index is 13.2. The van der Waals surface area contributed by atoms with Crippen LogP contribution >= 0.6 is 0 Å². The van der Waals surface area contributed by atoms with E-state index in [9.17, 15) is 8.42 Å². The third-order valence-electron chi connectivity index (χ3n) is 4.10. The molecule has 0 saturated carbocycles. The van der Waals surface area contributed by atoms with Crippen LogP contribution in [0.4, 0.5) is 5.69 Å². The molecule has 24 heavy (non-hydrogen) atoms. The van der Waals surface area contributed by atoms with E-state index in [2.05, 4.69) is 15.3 Å². The Labute approximate surface area is 141 Å². The second kappa shape index (κ2) is 5.86. The first-order valence-corrected chi connectivity index (χ1v) is 9.05. The molecule has 0 atom stereocenters. The molecule has 0 bridgehead atoms. The van der Waals surface area contributed by atoms with Crippen LogP contribution < -0.4 is 4.31 Å². The van der Waals surface area contributed by atoms with E-state index >= 15 is 0 Å². The second-order valence-corrected chi connectivity index (χ2v) is 7.44. The van der Waals surface area contributed by atoms with Crippen LogP contribution in [-0.2, 0) is 16.6 Å². The predicted octanol–water partition coefficient (Wildman–Crippen LogP) is 2.29. The highest BCUT2D eigenvalue weighted by Crippen LogP contribution is 2.30. The van der Waals surface area contributed by atoms with Crippen LogP contribution in [0.3, 0.4) is 0 Å². The SMILES string of the molecule is CCn1nc(C)c(S(=O)(=O)N(C)c2cnnc3ccccc23)c1C. The molecule has 3 rings (SSSR count). The van der Waals surface area contributed by atoms with Crippen molar-refractivity contribution in [1.82, 2.24) is 20.0 Å². The summed E-state index contributed by atoms with van der Waals surface area (Å²) in [7, 11) is -2.22. The van der Waals surface area contributed by atoms with Gasteiger partial charge >= 0.3 is 0 Å². The van der Waals surface area contributed by atoms with E-state index < -0.39 is 10.0 Å². The highest BCUT2D eigenvalue weighted by Gasteiger charge is 2.29. The fourth-order valence-electron chi connectivity index (χ4n) is 2.87. The normalized spacial score (nSPS) is 11.8. The molecule has 0 aliphatic carbocycles. The van der Waals surface area contributed by atoms with E-state index in [1.165, 1.54) is 17.5 Å². The average molecular weight is 345 g/mol. The van der Waals surface area contributed by atoms with Gasteiger partial charge in [-0.2, -0.15) is 15.3 Å². The maximum Gasteiger partial charge on any atom is 0.267 e. The van der Waals surface area contributed by atoms with Gasteiger partial charge in [0.05, 0.1) is 28.8 Å². The Balaban J connectivity index is 2.18. The molecule has 0 spiro atoms. The number of sulfonamides is 1. The summed E-state index contributed by atoms with van der Waals surface area (Å²) in [6, 6.07) is 7.33. The fraction of sp³-hybridized carbons (Fsp3) is 0.312. The van der Waals surface area contributed by atoms with Gasteiger partial charge in [0.25, 0.3) is 10.0 Å². The van der Waals surface area contributed by atoms with Crippen molar-refractivity contribution >= 4 is 26.6 Å². The topological polar surface area (TPSA) is 81.0 Å². The molecular weight excluding hydrogens is 326 g/mol. The molecule has 3 aromatic rings. The maximum atomic E-state index is 13.2. The van der Waals surface area contributed by atoms with E-state index in [1.807, 2.05) is 25.1 Å². The lowest BCUT2D eigenvalue weighted by Crippen LogP contribution is -2.28. The summed E-state index contributed by atoms with van der Waals surface area (Å²) >= 11 is 0. The molecule has 2 heterocycles. The minimum Gasteiger partial charge on any atom is -0.268 e. The first-order valence-electron chi connectivity index (χ1n) is 7.61. The summed E-state index contributed by atoms with van der Waals surface area (Å²) in [4.78, 5) is 0.243. The van der Waals surface area contributed by atoms with Gasteiger partial charge in [-0.3, -0.25) is 8.99 Å². The zero-order chi connectivity index (χ0) is 17.5. The van der Waals surface area contributed by atoms with Crippen molar-refractivity contribution in [3.63, 3.8) is 0 Å². The highest BCUT2D eigenvalue weighted by molar-refractivity contribution is 7.93. The van der Waals surface area contributed by atoms with Crippen LogP contribution in [0.2, 0.25) is 0 Å². The number of hydrogen-bond acceptors (Lipinski definition) is 5. The van der Waals surface area contributed by atoms with Crippen LogP contribution in [0.1, 0.15) is 18.3 Å². The molecule has 2 aromatic heterocycles. The molecule has 0 N–H and O–H groups in total. The molecule has 7 nitrogen and oxygen atoms in total. The van der Waals surface area contributed by atoms with E-state index in [0.717, 1.165) is 5.39 Å². The highest BCUT2D eigenvalue weighted by atomic mass is 32.2. The van der Waals surface area contributed by atoms with Gasteiger partial charge in [-0.1, -0.05) is 18.2 Å². The zero-order valence-electron chi connectivity index (χ0n) is 14.1. The lowest BCUT2D eigenvalue weighted by molar-refractivity contribution is 0.591. The molecular formula is C16H19N5O2S. The smallest absolute Gasteiger partial charge is 0.267 e. The van der Waals surface area contributed by atoms with Gasteiger partial charge in [0.2, 0.25) is 0 Å². The van der Waals surface area contributed by atoms with Gasteiger partial charge in [-0.25, -0.2) is 8.42 Å². The van der Waals surface area contributed by atoms with Crippen molar-refractivity contribution in [2.24, 2.45) is 0 Å². The summed E-state index contributed by atoms with van der Waals surface area (Å²) in [6.07, 6.45) is 1.47. The lowest BCUT2D eigenvalue weighted by Gasteiger charge is -2.20. The van der Waals surface area contributed by atoms with Crippen molar-refractivity contribution in [3.05, 3.63) is 41.9 Å². The monoisotopic (exact) mass is 345 g/mol. The van der Waals surface area contributed by atoms with Gasteiger partial charge < -0.3 is 0 Å². The van der Waals surface area contributed by atoms with Crippen LogP contribution in [0, 0.1) is 13.8 Å². The number of nitrogens with zero attached hydrogens (tertiary/aromatic N) is 5. The number of hydrogen-bond donors (Lipinski definition) is 0. The third kappa shape index (κ3) is 2.43. The molecule has 126 valence electrons. The van der Waals surface area contributed by atoms with E-state index in [-0.39, 0.29) is 4.90 Å². The Hall–Kier alpha value is -2.48.